The Bertz CT molecular complexity index is 901. The fourth-order valence-electron chi connectivity index (χ4n) is 3.75. The van der Waals surface area contributed by atoms with Gasteiger partial charge in [-0.05, 0) is 25.3 Å². The first-order chi connectivity index (χ1) is 12.8. The van der Waals surface area contributed by atoms with E-state index in [9.17, 15) is 9.59 Å². The summed E-state index contributed by atoms with van der Waals surface area (Å²) in [6.45, 7) is 10.3. The molecule has 2 heterocycles. The van der Waals surface area contributed by atoms with Gasteiger partial charge in [0.25, 0.3) is 5.56 Å². The Hall–Kier alpha value is -1.67. The molecule has 3 rings (SSSR count). The number of aromatic amines is 1. The molecule has 0 amide bonds. The molecule has 1 saturated carbocycles. The number of imidazole rings is 1. The van der Waals surface area contributed by atoms with E-state index in [0.29, 0.717) is 37.0 Å². The van der Waals surface area contributed by atoms with Crippen molar-refractivity contribution in [3.63, 3.8) is 0 Å². The number of aromatic nitrogens is 4. The van der Waals surface area contributed by atoms with E-state index in [0.717, 1.165) is 31.1 Å². The summed E-state index contributed by atoms with van der Waals surface area (Å²) in [5, 5.41) is 0. The zero-order valence-corrected chi connectivity index (χ0v) is 18.0. The van der Waals surface area contributed by atoms with E-state index in [4.69, 9.17) is 4.74 Å². The Morgan fingerprint density at radius 1 is 1.19 bits per heavy atom. The minimum atomic E-state index is -1.17. The van der Waals surface area contributed by atoms with Gasteiger partial charge >= 0.3 is 5.69 Å². The molecule has 1 N–H and O–H groups in total. The molecule has 0 bridgehead atoms. The maximum Gasteiger partial charge on any atom is 0.330 e. The summed E-state index contributed by atoms with van der Waals surface area (Å²) in [5.41, 5.74) is 0.226. The standard InChI is InChI=1S/C19H32N4O3Si/c1-5-10-22-18(24)15-16(21-19(22)25)20-17(14-8-6-7-9-14)23(15)13-26-11-12-27(2,3)4/h14H,5-13H2,1-4H3,(H,21,25). The van der Waals surface area contributed by atoms with Crippen LogP contribution in [0, 0.1) is 0 Å². The van der Waals surface area contributed by atoms with Gasteiger partial charge in [-0.15, -0.1) is 0 Å². The molecule has 150 valence electrons. The summed E-state index contributed by atoms with van der Waals surface area (Å²) in [4.78, 5) is 32.8. The number of nitrogens with zero attached hydrogens (tertiary/aromatic N) is 3. The number of nitrogens with one attached hydrogen (secondary N) is 1. The van der Waals surface area contributed by atoms with Crippen molar-refractivity contribution in [2.24, 2.45) is 0 Å². The molecule has 0 atom stereocenters. The zero-order chi connectivity index (χ0) is 19.6. The number of H-pyrrole nitrogens is 1. The fraction of sp³-hybridized carbons (Fsp3) is 0.737. The zero-order valence-electron chi connectivity index (χ0n) is 17.0. The molecule has 0 saturated heterocycles. The molecule has 0 aliphatic heterocycles. The molecule has 27 heavy (non-hydrogen) atoms. The highest BCUT2D eigenvalue weighted by Gasteiger charge is 2.26. The summed E-state index contributed by atoms with van der Waals surface area (Å²) in [7, 11) is -1.17. The number of fused-ring (bicyclic) bond motifs is 1. The van der Waals surface area contributed by atoms with Gasteiger partial charge in [-0.3, -0.25) is 18.9 Å². The third kappa shape index (κ3) is 4.43. The van der Waals surface area contributed by atoms with Crippen LogP contribution in [0.2, 0.25) is 25.7 Å². The number of hydrogen-bond acceptors (Lipinski definition) is 4. The van der Waals surface area contributed by atoms with Crippen LogP contribution in [0.1, 0.15) is 50.8 Å². The fourth-order valence-corrected chi connectivity index (χ4v) is 4.51. The van der Waals surface area contributed by atoms with Crippen LogP contribution < -0.4 is 11.2 Å². The van der Waals surface area contributed by atoms with E-state index < -0.39 is 8.07 Å². The monoisotopic (exact) mass is 392 g/mol. The Morgan fingerprint density at radius 3 is 2.52 bits per heavy atom. The van der Waals surface area contributed by atoms with Gasteiger partial charge in [0, 0.05) is 27.1 Å². The first kappa shape index (κ1) is 20.1. The van der Waals surface area contributed by atoms with E-state index in [-0.39, 0.29) is 11.2 Å². The van der Waals surface area contributed by atoms with E-state index in [1.807, 2.05) is 11.5 Å². The lowest BCUT2D eigenvalue weighted by atomic mass is 10.1. The third-order valence-electron chi connectivity index (χ3n) is 5.30. The maximum atomic E-state index is 13.0. The molecule has 2 aromatic rings. The molecule has 8 heteroatoms. The Kier molecular flexibility index (Phi) is 6.05. The van der Waals surface area contributed by atoms with Gasteiger partial charge in [-0.25, -0.2) is 9.78 Å². The van der Waals surface area contributed by atoms with E-state index in [1.165, 1.54) is 17.4 Å². The largest absolute Gasteiger partial charge is 0.361 e. The second-order valence-corrected chi connectivity index (χ2v) is 14.4. The number of hydrogen-bond donors (Lipinski definition) is 1. The Labute approximate surface area is 160 Å². The van der Waals surface area contributed by atoms with Crippen molar-refractivity contribution < 1.29 is 4.74 Å². The molecule has 1 aliphatic rings. The summed E-state index contributed by atoms with van der Waals surface area (Å²) in [6, 6.07) is 1.08. The summed E-state index contributed by atoms with van der Waals surface area (Å²) >= 11 is 0. The number of ether oxygens (including phenoxy) is 1. The van der Waals surface area contributed by atoms with Crippen molar-refractivity contribution >= 4 is 19.2 Å². The molecular formula is C19H32N4O3Si. The number of rotatable bonds is 8. The highest BCUT2D eigenvalue weighted by molar-refractivity contribution is 6.76. The highest BCUT2D eigenvalue weighted by atomic mass is 28.3. The minimum Gasteiger partial charge on any atom is -0.361 e. The van der Waals surface area contributed by atoms with Gasteiger partial charge < -0.3 is 4.74 Å². The Morgan fingerprint density at radius 2 is 1.89 bits per heavy atom. The Balaban J connectivity index is 2.00. The molecule has 1 fully saturated rings. The van der Waals surface area contributed by atoms with Crippen LogP contribution in [0.4, 0.5) is 0 Å². The topological polar surface area (TPSA) is 81.9 Å². The lowest BCUT2D eigenvalue weighted by Gasteiger charge is -2.17. The van der Waals surface area contributed by atoms with Crippen LogP contribution in [-0.2, 0) is 18.0 Å². The van der Waals surface area contributed by atoms with Crippen molar-refractivity contribution in [3.05, 3.63) is 26.7 Å². The van der Waals surface area contributed by atoms with Crippen LogP contribution in [0.15, 0.2) is 9.59 Å². The van der Waals surface area contributed by atoms with E-state index >= 15 is 0 Å². The lowest BCUT2D eigenvalue weighted by molar-refractivity contribution is 0.0869. The van der Waals surface area contributed by atoms with Gasteiger partial charge in [-0.1, -0.05) is 39.4 Å². The average Bonchev–Trinajstić information content (AvgIpc) is 3.22. The van der Waals surface area contributed by atoms with Crippen LogP contribution in [-0.4, -0.2) is 33.8 Å². The molecule has 0 aromatic carbocycles. The van der Waals surface area contributed by atoms with Crippen LogP contribution in [0.3, 0.4) is 0 Å². The van der Waals surface area contributed by atoms with Crippen LogP contribution in [0.25, 0.3) is 11.2 Å². The highest BCUT2D eigenvalue weighted by Crippen LogP contribution is 2.34. The first-order valence-corrected chi connectivity index (χ1v) is 13.8. The molecule has 2 aromatic heterocycles. The van der Waals surface area contributed by atoms with Gasteiger partial charge in [0.15, 0.2) is 11.2 Å². The molecule has 1 aliphatic carbocycles. The van der Waals surface area contributed by atoms with Crippen molar-refractivity contribution in [2.75, 3.05) is 6.61 Å². The van der Waals surface area contributed by atoms with Crippen molar-refractivity contribution in [2.45, 2.75) is 83.9 Å². The van der Waals surface area contributed by atoms with Crippen molar-refractivity contribution in [1.82, 2.24) is 19.1 Å². The van der Waals surface area contributed by atoms with Crippen LogP contribution >= 0.6 is 0 Å². The quantitative estimate of drug-likeness (QED) is 0.552. The van der Waals surface area contributed by atoms with E-state index in [1.54, 1.807) is 0 Å². The van der Waals surface area contributed by atoms with Gasteiger partial charge in [-0.2, -0.15) is 0 Å². The smallest absolute Gasteiger partial charge is 0.330 e. The van der Waals surface area contributed by atoms with Gasteiger partial charge in [0.05, 0.1) is 0 Å². The maximum absolute atomic E-state index is 13.0. The lowest BCUT2D eigenvalue weighted by Crippen LogP contribution is -2.35. The van der Waals surface area contributed by atoms with Crippen LogP contribution in [0.5, 0.6) is 0 Å². The average molecular weight is 393 g/mol. The van der Waals surface area contributed by atoms with Crippen molar-refractivity contribution in [3.8, 4) is 0 Å². The molecule has 0 spiro atoms. The first-order valence-electron chi connectivity index (χ1n) is 10.1. The minimum absolute atomic E-state index is 0.263. The third-order valence-corrected chi connectivity index (χ3v) is 7.00. The molecular weight excluding hydrogens is 360 g/mol. The second kappa shape index (κ2) is 8.14. The molecule has 0 radical (unpaired) electrons. The predicted octanol–water partition coefficient (Wildman–Crippen LogP) is 3.27. The van der Waals surface area contributed by atoms with E-state index in [2.05, 4.69) is 29.6 Å². The van der Waals surface area contributed by atoms with Gasteiger partial charge in [0.1, 0.15) is 12.6 Å². The summed E-state index contributed by atoms with van der Waals surface area (Å²) in [5.74, 6) is 1.22. The summed E-state index contributed by atoms with van der Waals surface area (Å²) in [6.07, 6.45) is 5.24. The van der Waals surface area contributed by atoms with Gasteiger partial charge in [0.2, 0.25) is 0 Å². The second-order valence-electron chi connectivity index (χ2n) is 8.81. The molecule has 7 nitrogen and oxygen atoms in total. The summed E-state index contributed by atoms with van der Waals surface area (Å²) < 4.78 is 9.16. The SMILES string of the molecule is CCCn1c(=O)[nH]c2nc(C3CCCC3)n(COCC[Si](C)(C)C)c2c1=O. The van der Waals surface area contributed by atoms with Crippen molar-refractivity contribution in [1.29, 1.82) is 0 Å². The predicted molar refractivity (Wildman–Crippen MR) is 110 cm³/mol. The normalized spacial score (nSPS) is 15.9. The molecule has 0 unspecified atom stereocenters.